The zero-order chi connectivity index (χ0) is 16.8. The first-order chi connectivity index (χ1) is 11.0. The highest BCUT2D eigenvalue weighted by molar-refractivity contribution is 5.80. The number of guanidine groups is 1. The number of nitrogens with one attached hydrogen (secondary N) is 1. The van der Waals surface area contributed by atoms with Crippen LogP contribution in [0.2, 0.25) is 0 Å². The van der Waals surface area contributed by atoms with E-state index >= 15 is 0 Å². The van der Waals surface area contributed by atoms with Gasteiger partial charge in [-0.05, 0) is 43.4 Å². The van der Waals surface area contributed by atoms with Crippen LogP contribution >= 0.6 is 0 Å². The van der Waals surface area contributed by atoms with E-state index in [1.165, 1.54) is 6.42 Å². The van der Waals surface area contributed by atoms with Gasteiger partial charge in [0.25, 0.3) is 0 Å². The molecular weight excluding hydrogens is 290 g/mol. The Morgan fingerprint density at radius 2 is 2.04 bits per heavy atom. The molecule has 0 spiro atoms. The summed E-state index contributed by atoms with van der Waals surface area (Å²) in [6, 6.07) is 5.24. The molecule has 2 N–H and O–H groups in total. The van der Waals surface area contributed by atoms with Crippen LogP contribution in [0.3, 0.4) is 0 Å². The zero-order valence-corrected chi connectivity index (χ0v) is 14.7. The molecule has 0 aromatic heterocycles. The van der Waals surface area contributed by atoms with Gasteiger partial charge in [0, 0.05) is 25.2 Å². The Hall–Kier alpha value is -1.91. The highest BCUT2D eigenvalue weighted by Gasteiger charge is 2.24. The summed E-state index contributed by atoms with van der Waals surface area (Å²) < 4.78 is 5.22. The molecule has 1 aromatic rings. The van der Waals surface area contributed by atoms with Gasteiger partial charge in [0.2, 0.25) is 0 Å². The predicted molar refractivity (Wildman–Crippen MR) is 94.0 cm³/mol. The van der Waals surface area contributed by atoms with Gasteiger partial charge in [-0.3, -0.25) is 0 Å². The van der Waals surface area contributed by atoms with Crippen LogP contribution in [0.15, 0.2) is 23.2 Å². The fraction of sp³-hybridized carbons (Fsp3) is 0.611. The molecule has 1 aromatic carbocycles. The van der Waals surface area contributed by atoms with Crippen molar-refractivity contribution in [3.63, 3.8) is 0 Å². The van der Waals surface area contributed by atoms with Crippen molar-refractivity contribution in [2.45, 2.75) is 33.7 Å². The summed E-state index contributed by atoms with van der Waals surface area (Å²) in [5, 5.41) is 13.4. The molecule has 2 atom stereocenters. The lowest BCUT2D eigenvalue weighted by molar-refractivity contribution is 0.208. The second-order valence-corrected chi connectivity index (χ2v) is 6.52. The topological polar surface area (TPSA) is 57.1 Å². The lowest BCUT2D eigenvalue weighted by Gasteiger charge is -2.37. The van der Waals surface area contributed by atoms with Crippen LogP contribution in [0, 0.1) is 11.8 Å². The molecule has 1 heterocycles. The van der Waals surface area contributed by atoms with E-state index in [-0.39, 0.29) is 5.75 Å². The monoisotopic (exact) mass is 319 g/mol. The van der Waals surface area contributed by atoms with Crippen LogP contribution in [-0.2, 0) is 6.54 Å². The van der Waals surface area contributed by atoms with Crippen LogP contribution in [0.1, 0.15) is 32.8 Å². The number of phenols is 1. The van der Waals surface area contributed by atoms with Gasteiger partial charge >= 0.3 is 0 Å². The van der Waals surface area contributed by atoms with Crippen molar-refractivity contribution < 1.29 is 9.84 Å². The number of hydrogen-bond donors (Lipinski definition) is 2. The van der Waals surface area contributed by atoms with Crippen molar-refractivity contribution >= 4 is 5.96 Å². The van der Waals surface area contributed by atoms with Gasteiger partial charge in [-0.2, -0.15) is 0 Å². The number of likely N-dealkylation sites (tertiary alicyclic amines) is 1. The third-order valence-electron chi connectivity index (χ3n) is 4.19. The second kappa shape index (κ2) is 8.09. The van der Waals surface area contributed by atoms with Gasteiger partial charge in [0.1, 0.15) is 11.5 Å². The lowest BCUT2D eigenvalue weighted by atomic mass is 9.92. The molecule has 23 heavy (non-hydrogen) atoms. The number of hydrogen-bond acceptors (Lipinski definition) is 3. The molecule has 0 saturated carbocycles. The van der Waals surface area contributed by atoms with Gasteiger partial charge in [0.05, 0.1) is 13.7 Å². The summed E-state index contributed by atoms with van der Waals surface area (Å²) >= 11 is 0. The quantitative estimate of drug-likeness (QED) is 0.662. The average Bonchev–Trinajstić information content (AvgIpc) is 2.51. The third kappa shape index (κ3) is 4.78. The molecule has 1 aliphatic rings. The molecular formula is C18H29N3O2. The molecule has 5 nitrogen and oxygen atoms in total. The predicted octanol–water partition coefficient (Wildman–Crippen LogP) is 2.84. The SMILES string of the molecule is CCNC(=NCc1cc(OC)ccc1O)N1CC(C)CC(C)C1. The van der Waals surface area contributed by atoms with Crippen molar-refractivity contribution in [1.82, 2.24) is 10.2 Å². The third-order valence-corrected chi connectivity index (χ3v) is 4.19. The fourth-order valence-corrected chi connectivity index (χ4v) is 3.24. The highest BCUT2D eigenvalue weighted by Crippen LogP contribution is 2.24. The van der Waals surface area contributed by atoms with Crippen LogP contribution in [0.4, 0.5) is 0 Å². The van der Waals surface area contributed by atoms with E-state index in [9.17, 15) is 5.11 Å². The average molecular weight is 319 g/mol. The number of rotatable bonds is 4. The smallest absolute Gasteiger partial charge is 0.194 e. The molecule has 0 aliphatic carbocycles. The fourth-order valence-electron chi connectivity index (χ4n) is 3.24. The number of piperidine rings is 1. The van der Waals surface area contributed by atoms with E-state index < -0.39 is 0 Å². The summed E-state index contributed by atoms with van der Waals surface area (Å²) in [7, 11) is 1.63. The summed E-state index contributed by atoms with van der Waals surface area (Å²) in [6.45, 7) is 9.99. The number of phenolic OH excluding ortho intramolecular Hbond substituents is 1. The van der Waals surface area contributed by atoms with E-state index in [0.717, 1.165) is 36.9 Å². The minimum absolute atomic E-state index is 0.255. The van der Waals surface area contributed by atoms with Crippen molar-refractivity contribution in [2.75, 3.05) is 26.7 Å². The Morgan fingerprint density at radius 3 is 2.65 bits per heavy atom. The Balaban J connectivity index is 2.15. The number of ether oxygens (including phenoxy) is 1. The number of nitrogens with zero attached hydrogens (tertiary/aromatic N) is 2. The maximum atomic E-state index is 10.0. The number of aromatic hydroxyl groups is 1. The number of aliphatic imine (C=N–C) groups is 1. The Bertz CT molecular complexity index is 535. The summed E-state index contributed by atoms with van der Waals surface area (Å²) in [6.07, 6.45) is 1.27. The van der Waals surface area contributed by atoms with Crippen LogP contribution < -0.4 is 10.1 Å². The molecule has 1 saturated heterocycles. The minimum Gasteiger partial charge on any atom is -0.508 e. The van der Waals surface area contributed by atoms with Gasteiger partial charge < -0.3 is 20.1 Å². The maximum absolute atomic E-state index is 10.0. The van der Waals surface area contributed by atoms with Crippen LogP contribution in [-0.4, -0.2) is 42.7 Å². The summed E-state index contributed by atoms with van der Waals surface area (Å²) in [5.74, 6) is 3.26. The molecule has 2 rings (SSSR count). The van der Waals surface area contributed by atoms with E-state index in [4.69, 9.17) is 9.73 Å². The molecule has 0 amide bonds. The van der Waals surface area contributed by atoms with Gasteiger partial charge in [-0.25, -0.2) is 4.99 Å². The first-order valence-electron chi connectivity index (χ1n) is 8.42. The van der Waals surface area contributed by atoms with Crippen molar-refractivity contribution in [3.8, 4) is 11.5 Å². The standard InChI is InChI=1S/C18H29N3O2/c1-5-19-18(21-11-13(2)8-14(3)12-21)20-10-15-9-16(23-4)6-7-17(15)22/h6-7,9,13-14,22H,5,8,10-12H2,1-4H3,(H,19,20). The van der Waals surface area contributed by atoms with E-state index in [2.05, 4.69) is 31.0 Å². The van der Waals surface area contributed by atoms with Gasteiger partial charge in [-0.15, -0.1) is 0 Å². The number of benzene rings is 1. The maximum Gasteiger partial charge on any atom is 0.194 e. The molecule has 1 aliphatic heterocycles. The van der Waals surface area contributed by atoms with Crippen molar-refractivity contribution in [1.29, 1.82) is 0 Å². The summed E-state index contributed by atoms with van der Waals surface area (Å²) in [5.41, 5.74) is 0.776. The molecule has 2 unspecified atom stereocenters. The molecule has 0 radical (unpaired) electrons. The lowest BCUT2D eigenvalue weighted by Crippen LogP contribution is -2.48. The zero-order valence-electron chi connectivity index (χ0n) is 14.7. The highest BCUT2D eigenvalue weighted by atomic mass is 16.5. The van der Waals surface area contributed by atoms with E-state index in [1.54, 1.807) is 19.2 Å². The Kier molecular flexibility index (Phi) is 6.13. The minimum atomic E-state index is 0.255. The van der Waals surface area contributed by atoms with Gasteiger partial charge in [-0.1, -0.05) is 13.8 Å². The first kappa shape index (κ1) is 17.4. The Morgan fingerprint density at radius 1 is 1.35 bits per heavy atom. The normalized spacial score (nSPS) is 22.1. The van der Waals surface area contributed by atoms with Gasteiger partial charge in [0.15, 0.2) is 5.96 Å². The van der Waals surface area contributed by atoms with Crippen molar-refractivity contribution in [2.24, 2.45) is 16.8 Å². The number of methoxy groups -OCH3 is 1. The molecule has 128 valence electrons. The van der Waals surface area contributed by atoms with E-state index in [1.807, 2.05) is 6.07 Å². The summed E-state index contributed by atoms with van der Waals surface area (Å²) in [4.78, 5) is 7.06. The van der Waals surface area contributed by atoms with Crippen LogP contribution in [0.25, 0.3) is 0 Å². The molecule has 5 heteroatoms. The first-order valence-corrected chi connectivity index (χ1v) is 8.42. The van der Waals surface area contributed by atoms with Crippen molar-refractivity contribution in [3.05, 3.63) is 23.8 Å². The van der Waals surface area contributed by atoms with Crippen LogP contribution in [0.5, 0.6) is 11.5 Å². The molecule has 1 fully saturated rings. The van der Waals surface area contributed by atoms with E-state index in [0.29, 0.717) is 18.4 Å². The largest absolute Gasteiger partial charge is 0.508 e. The molecule has 0 bridgehead atoms. The second-order valence-electron chi connectivity index (χ2n) is 6.52. The Labute approximate surface area is 139 Å².